The molecule has 55 heavy (non-hydrogen) atoms. The fourth-order valence-corrected chi connectivity index (χ4v) is 9.73. The smallest absolute Gasteiger partial charge is 0.258 e. The van der Waals surface area contributed by atoms with Gasteiger partial charge in [0.1, 0.15) is 18.0 Å². The summed E-state index contributed by atoms with van der Waals surface area (Å²) in [7, 11) is 0. The molecule has 3 aliphatic heterocycles. The molecule has 3 aromatic rings. The minimum Gasteiger partial charge on any atom is -0.491 e. The van der Waals surface area contributed by atoms with Gasteiger partial charge in [-0.15, -0.1) is 23.2 Å². The maximum Gasteiger partial charge on any atom is 0.258 e. The third-order valence-corrected chi connectivity index (χ3v) is 12.7. The van der Waals surface area contributed by atoms with Crippen molar-refractivity contribution in [3.8, 4) is 5.75 Å². The lowest BCUT2D eigenvalue weighted by molar-refractivity contribution is -0.125. The van der Waals surface area contributed by atoms with Gasteiger partial charge in [0.25, 0.3) is 11.8 Å². The average Bonchev–Trinajstić information content (AvgIpc) is 3.53. The summed E-state index contributed by atoms with van der Waals surface area (Å²) in [6, 6.07) is 12.8. The molecular weight excluding hydrogens is 776 g/mol. The minimum atomic E-state index is -2.71. The zero-order valence-electron chi connectivity index (χ0n) is 28.5. The number of alkyl halides is 2. The van der Waals surface area contributed by atoms with Crippen molar-refractivity contribution in [1.29, 1.82) is 0 Å². The quantitative estimate of drug-likeness (QED) is 0.0849. The highest BCUT2D eigenvalue weighted by molar-refractivity contribution is 6.58. The largest absolute Gasteiger partial charge is 0.491 e. The number of amides is 4. The number of ether oxygens (including phenoxy) is 2. The van der Waals surface area contributed by atoms with Gasteiger partial charge in [-0.05, 0) is 49.1 Å². The van der Waals surface area contributed by atoms with E-state index in [0.29, 0.717) is 26.3 Å². The van der Waals surface area contributed by atoms with Crippen molar-refractivity contribution in [2.45, 2.75) is 28.5 Å². The second-order valence-corrected chi connectivity index (χ2v) is 15.2. The summed E-state index contributed by atoms with van der Waals surface area (Å²) < 4.78 is 85.1. The van der Waals surface area contributed by atoms with E-state index in [2.05, 4.69) is 4.90 Å². The molecule has 6 unspecified atom stereocenters. The number of halogens is 7. The number of rotatable bonds is 7. The molecule has 288 valence electrons. The first-order valence-corrected chi connectivity index (χ1v) is 18.1. The first-order valence-electron chi connectivity index (χ1n) is 17.4. The predicted octanol–water partition coefficient (Wildman–Crippen LogP) is 5.36. The first kappa shape index (κ1) is 37.4. The van der Waals surface area contributed by atoms with Crippen LogP contribution in [-0.2, 0) is 23.9 Å². The van der Waals surface area contributed by atoms with Crippen molar-refractivity contribution in [2.24, 2.45) is 17.8 Å². The normalized spacial score (nSPS) is 29.0. The monoisotopic (exact) mass is 805 g/mol. The number of imide groups is 2. The van der Waals surface area contributed by atoms with Crippen LogP contribution >= 0.6 is 23.2 Å². The van der Waals surface area contributed by atoms with E-state index in [4.69, 9.17) is 32.7 Å². The number of hydrogen-bond donors (Lipinski definition) is 1. The Morgan fingerprint density at radius 1 is 0.782 bits per heavy atom. The van der Waals surface area contributed by atoms with Gasteiger partial charge in [0.15, 0.2) is 33.0 Å². The van der Waals surface area contributed by atoms with Crippen LogP contribution < -0.4 is 19.4 Å². The number of fused-ring (bicyclic) bond motifs is 4. The van der Waals surface area contributed by atoms with E-state index in [-0.39, 0.29) is 40.5 Å². The summed E-state index contributed by atoms with van der Waals surface area (Å²) in [4.78, 5) is 55.1. The van der Waals surface area contributed by atoms with E-state index in [1.165, 1.54) is 18.2 Å². The van der Waals surface area contributed by atoms with Crippen LogP contribution in [0.4, 0.5) is 39.0 Å². The van der Waals surface area contributed by atoms with Crippen LogP contribution in [0.2, 0.25) is 0 Å². The molecule has 3 saturated heterocycles. The predicted molar refractivity (Wildman–Crippen MR) is 187 cm³/mol. The highest BCUT2D eigenvalue weighted by Gasteiger charge is 2.77. The summed E-state index contributed by atoms with van der Waals surface area (Å²) >= 11 is 14.5. The van der Waals surface area contributed by atoms with Crippen LogP contribution in [0.5, 0.6) is 5.75 Å². The van der Waals surface area contributed by atoms with Crippen molar-refractivity contribution in [2.75, 3.05) is 54.2 Å². The Balaban J connectivity index is 1.25. The SMILES string of the molecule is O=C1C2CC=C3C(CC4(Cl)C(=O)N(c5c(F)c(F)c(F)c(F)c5F)C(=O)C4(Cl)C3c3ccccc3OCCO)C2C(=O)N1c1ccc(N2CCOCC2)cc1. The maximum atomic E-state index is 15.3. The molecular formula is C38H30Cl2F5N3O7. The van der Waals surface area contributed by atoms with E-state index in [0.717, 1.165) is 10.6 Å². The Kier molecular flexibility index (Phi) is 9.22. The molecule has 6 atom stereocenters. The Bertz CT molecular complexity index is 2160. The molecule has 17 heteroatoms. The van der Waals surface area contributed by atoms with Gasteiger partial charge < -0.3 is 19.5 Å². The highest BCUT2D eigenvalue weighted by Crippen LogP contribution is 2.66. The van der Waals surface area contributed by atoms with E-state index >= 15 is 8.78 Å². The number of carbonyl (C=O) groups excluding carboxylic acids is 4. The van der Waals surface area contributed by atoms with Gasteiger partial charge in [0.05, 0.1) is 37.3 Å². The zero-order chi connectivity index (χ0) is 39.1. The standard InChI is InChI=1S/C38H30Cl2F5N3O7/c39-37-17-23-20(9-10-22-25(23)34(51)47(33(22)50)19-7-5-18(6-8-19)46-11-14-54-15-12-46)26(21-3-1-2-4-24(21)55-16-13-49)38(37,40)36(53)48(35(37)52)32-30(44)28(42)27(41)29(43)31(32)45/h1-9,22-23,25-26,49H,10-17H2. The number of anilines is 3. The Labute approximate surface area is 320 Å². The van der Waals surface area contributed by atoms with E-state index in [9.17, 15) is 37.5 Å². The van der Waals surface area contributed by atoms with Crippen LogP contribution in [0.15, 0.2) is 60.2 Å². The van der Waals surface area contributed by atoms with Gasteiger partial charge in [-0.2, -0.15) is 0 Å². The molecule has 8 rings (SSSR count). The molecule has 5 aliphatic rings. The molecule has 3 aromatic carbocycles. The zero-order valence-corrected chi connectivity index (χ0v) is 30.1. The number of aliphatic hydroxyl groups is 1. The molecule has 2 aliphatic carbocycles. The van der Waals surface area contributed by atoms with Gasteiger partial charge >= 0.3 is 0 Å². The molecule has 3 heterocycles. The lowest BCUT2D eigenvalue weighted by Gasteiger charge is -2.50. The van der Waals surface area contributed by atoms with E-state index in [1.807, 2.05) is 0 Å². The number of morpholine rings is 1. The topological polar surface area (TPSA) is 117 Å². The highest BCUT2D eigenvalue weighted by atomic mass is 35.5. The molecule has 10 nitrogen and oxygen atoms in total. The van der Waals surface area contributed by atoms with Gasteiger partial charge in [0, 0.05) is 30.3 Å². The van der Waals surface area contributed by atoms with Crippen molar-refractivity contribution >= 4 is 63.9 Å². The maximum absolute atomic E-state index is 15.3. The summed E-state index contributed by atoms with van der Waals surface area (Å²) in [6.45, 7) is 1.72. The Morgan fingerprint density at radius 2 is 1.40 bits per heavy atom. The third kappa shape index (κ3) is 5.26. The fraction of sp³-hybridized carbons (Fsp3) is 0.368. The van der Waals surface area contributed by atoms with Crippen molar-refractivity contribution in [3.05, 3.63) is 94.8 Å². The molecule has 0 aromatic heterocycles. The first-order chi connectivity index (χ1) is 26.3. The van der Waals surface area contributed by atoms with Crippen molar-refractivity contribution < 1.29 is 55.7 Å². The van der Waals surface area contributed by atoms with E-state index in [1.54, 1.807) is 36.4 Å². The molecule has 0 spiro atoms. The van der Waals surface area contributed by atoms with Crippen molar-refractivity contribution in [3.63, 3.8) is 0 Å². The number of para-hydroxylation sites is 1. The molecule has 1 saturated carbocycles. The second-order valence-electron chi connectivity index (χ2n) is 13.9. The summed E-state index contributed by atoms with van der Waals surface area (Å²) in [5.74, 6) is -21.3. The van der Waals surface area contributed by atoms with Gasteiger partial charge in [-0.25, -0.2) is 26.9 Å². The number of nitrogens with zero attached hydrogens (tertiary/aromatic N) is 3. The number of allylic oxidation sites excluding steroid dienone is 2. The number of carbonyl (C=O) groups is 4. The minimum absolute atomic E-state index is 0.0225. The lowest BCUT2D eigenvalue weighted by Crippen LogP contribution is -2.60. The summed E-state index contributed by atoms with van der Waals surface area (Å²) in [5.41, 5.74) is -0.334. The third-order valence-electron chi connectivity index (χ3n) is 11.3. The second kappa shape index (κ2) is 13.6. The summed E-state index contributed by atoms with van der Waals surface area (Å²) in [5, 5.41) is 9.54. The molecule has 0 bridgehead atoms. The van der Waals surface area contributed by atoms with Crippen molar-refractivity contribution in [1.82, 2.24) is 0 Å². The van der Waals surface area contributed by atoms with Crippen LogP contribution in [-0.4, -0.2) is 78.0 Å². The van der Waals surface area contributed by atoms with E-state index < -0.39 is 105 Å². The Morgan fingerprint density at radius 3 is 2.05 bits per heavy atom. The number of benzene rings is 3. The molecule has 0 radical (unpaired) electrons. The number of hydrogen-bond acceptors (Lipinski definition) is 8. The summed E-state index contributed by atoms with van der Waals surface area (Å²) in [6.07, 6.45) is 0.945. The molecule has 1 N–H and O–H groups in total. The average molecular weight is 807 g/mol. The van der Waals surface area contributed by atoms with Crippen LogP contribution in [0, 0.1) is 46.8 Å². The lowest BCUT2D eigenvalue weighted by atomic mass is 9.56. The van der Waals surface area contributed by atoms with Gasteiger partial charge in [0.2, 0.25) is 17.6 Å². The number of aliphatic hydroxyl groups excluding tert-OH is 1. The fourth-order valence-electron chi connectivity index (χ4n) is 8.81. The molecule has 4 fully saturated rings. The van der Waals surface area contributed by atoms with Crippen LogP contribution in [0.25, 0.3) is 0 Å². The van der Waals surface area contributed by atoms with Crippen LogP contribution in [0.1, 0.15) is 24.3 Å². The Hall–Kier alpha value is -4.57. The van der Waals surface area contributed by atoms with Gasteiger partial charge in [-0.1, -0.05) is 29.8 Å². The van der Waals surface area contributed by atoms with Gasteiger partial charge in [-0.3, -0.25) is 24.1 Å². The van der Waals surface area contributed by atoms with Crippen LogP contribution in [0.3, 0.4) is 0 Å². The molecule has 4 amide bonds.